The fourth-order valence-corrected chi connectivity index (χ4v) is 7.13. The van der Waals surface area contributed by atoms with E-state index in [9.17, 15) is 32.7 Å². The maximum absolute atomic E-state index is 16.0. The van der Waals surface area contributed by atoms with Crippen LogP contribution in [0.4, 0.5) is 28.9 Å². The molecule has 14 nitrogen and oxygen atoms in total. The third kappa shape index (κ3) is 6.73. The molecule has 2 aromatic carbocycles. The van der Waals surface area contributed by atoms with Crippen LogP contribution in [-0.2, 0) is 40.9 Å². The van der Waals surface area contributed by atoms with Crippen molar-refractivity contribution in [2.75, 3.05) is 36.4 Å². The number of rotatable bonds is 7. The number of hydrogen-bond donors (Lipinski definition) is 2. The molecular formula is C36H34ClF4N9O5. The molecule has 0 atom stereocenters. The summed E-state index contributed by atoms with van der Waals surface area (Å²) in [6, 6.07) is 5.74. The minimum atomic E-state index is -4.65. The molecule has 0 radical (unpaired) electrons. The minimum Gasteiger partial charge on any atom is -0.504 e. The number of aromatic hydroxyl groups is 1. The summed E-state index contributed by atoms with van der Waals surface area (Å²) < 4.78 is 64.0. The van der Waals surface area contributed by atoms with Crippen LogP contribution < -0.4 is 15.8 Å². The van der Waals surface area contributed by atoms with Crippen LogP contribution in [0.15, 0.2) is 41.5 Å². The van der Waals surface area contributed by atoms with Crippen LogP contribution in [0.2, 0.25) is 5.02 Å². The number of hydrogen-bond acceptors (Lipinski definition) is 10. The SMILES string of the molecule is CCc1c(N2CCN(C(=O)c3ncnc(C)c3O)CC2)c(=O)n2nc(-c3ccc4c(c3F)COC4(C)C)nc2n1CC(=O)Nc1ccc(C(F)(F)F)cc1Cl. The Bertz CT molecular complexity index is 2440. The molecule has 7 rings (SSSR count). The topological polar surface area (TPSA) is 160 Å². The molecule has 55 heavy (non-hydrogen) atoms. The van der Waals surface area contributed by atoms with Crippen molar-refractivity contribution in [2.45, 2.75) is 59.0 Å². The van der Waals surface area contributed by atoms with Crippen LogP contribution in [-0.4, -0.2) is 77.1 Å². The number of aromatic nitrogens is 6. The highest BCUT2D eigenvalue weighted by atomic mass is 35.5. The summed E-state index contributed by atoms with van der Waals surface area (Å²) in [6.07, 6.45) is -3.27. The van der Waals surface area contributed by atoms with Gasteiger partial charge in [0.15, 0.2) is 17.3 Å². The van der Waals surface area contributed by atoms with Crippen LogP contribution >= 0.6 is 11.6 Å². The number of carbonyl (C=O) groups excluding carboxylic acids is 2. The Kier molecular flexibility index (Phi) is 9.53. The molecule has 5 aromatic rings. The van der Waals surface area contributed by atoms with Gasteiger partial charge >= 0.3 is 6.18 Å². The number of amides is 2. The molecule has 1 fully saturated rings. The van der Waals surface area contributed by atoms with Crippen LogP contribution in [0, 0.1) is 12.7 Å². The van der Waals surface area contributed by atoms with Gasteiger partial charge in [-0.25, -0.2) is 14.4 Å². The number of nitrogens with one attached hydrogen (secondary N) is 1. The third-order valence-electron chi connectivity index (χ3n) is 9.83. The van der Waals surface area contributed by atoms with Crippen LogP contribution in [0.3, 0.4) is 0 Å². The minimum absolute atomic E-state index is 0.00521. The van der Waals surface area contributed by atoms with Gasteiger partial charge in [0.1, 0.15) is 24.4 Å². The first-order chi connectivity index (χ1) is 26.0. The van der Waals surface area contributed by atoms with Gasteiger partial charge in [-0.05, 0) is 57.0 Å². The zero-order valence-electron chi connectivity index (χ0n) is 30.0. The average Bonchev–Trinajstić information content (AvgIpc) is 3.72. The van der Waals surface area contributed by atoms with E-state index in [4.69, 9.17) is 16.3 Å². The van der Waals surface area contributed by atoms with E-state index in [0.29, 0.717) is 22.9 Å². The second-order valence-electron chi connectivity index (χ2n) is 13.6. The van der Waals surface area contributed by atoms with E-state index in [2.05, 4.69) is 25.4 Å². The molecular weight excluding hydrogens is 750 g/mol. The number of piperazine rings is 1. The predicted octanol–water partition coefficient (Wildman–Crippen LogP) is 5.10. The zero-order valence-corrected chi connectivity index (χ0v) is 30.7. The standard InChI is InChI=1S/C36H34ClF4N9O5/c1-5-25-29(47-10-12-48(13-11-47)32(53)28-30(52)18(2)42-17-43-28)33(54)50-34(45-31(46-50)20-7-8-22-21(27(20)38)16-55-35(22,3)4)49(25)15-26(51)44-24-9-6-19(14-23(24)37)36(39,40)41/h6-9,14,17,52H,5,10-13,15-16H2,1-4H3,(H,44,51). The van der Waals surface area contributed by atoms with Gasteiger partial charge in [-0.15, -0.1) is 5.10 Å². The van der Waals surface area contributed by atoms with Crippen molar-refractivity contribution in [3.63, 3.8) is 0 Å². The molecule has 2 amide bonds. The van der Waals surface area contributed by atoms with Gasteiger partial charge in [0.25, 0.3) is 11.5 Å². The largest absolute Gasteiger partial charge is 0.504 e. The van der Waals surface area contributed by atoms with Gasteiger partial charge in [0.05, 0.1) is 45.4 Å². The normalized spacial score (nSPS) is 15.4. The maximum atomic E-state index is 16.0. The summed E-state index contributed by atoms with van der Waals surface area (Å²) >= 11 is 6.13. The molecule has 1 saturated heterocycles. The van der Waals surface area contributed by atoms with Gasteiger partial charge < -0.3 is 29.5 Å². The van der Waals surface area contributed by atoms with E-state index in [-0.39, 0.29) is 89.9 Å². The lowest BCUT2D eigenvalue weighted by molar-refractivity contribution is -0.137. The Morgan fingerprint density at radius 2 is 1.82 bits per heavy atom. The number of anilines is 2. The number of halogens is 5. The molecule has 19 heteroatoms. The zero-order chi connectivity index (χ0) is 39.6. The maximum Gasteiger partial charge on any atom is 0.416 e. The smallest absolute Gasteiger partial charge is 0.416 e. The Hall–Kier alpha value is -5.62. The quantitative estimate of drug-likeness (QED) is 0.213. The molecule has 288 valence electrons. The van der Waals surface area contributed by atoms with Gasteiger partial charge in [0.2, 0.25) is 11.7 Å². The molecule has 2 N–H and O–H groups in total. The number of ether oxygens (including phenoxy) is 1. The average molecular weight is 784 g/mol. The number of benzene rings is 2. The Labute approximate surface area is 315 Å². The fourth-order valence-electron chi connectivity index (χ4n) is 6.91. The highest BCUT2D eigenvalue weighted by molar-refractivity contribution is 6.33. The second kappa shape index (κ2) is 13.9. The molecule has 0 bridgehead atoms. The van der Waals surface area contributed by atoms with E-state index < -0.39 is 47.1 Å². The van der Waals surface area contributed by atoms with Crippen molar-refractivity contribution in [3.05, 3.63) is 91.6 Å². The van der Waals surface area contributed by atoms with E-state index >= 15 is 4.39 Å². The molecule has 0 aliphatic carbocycles. The van der Waals surface area contributed by atoms with Crippen molar-refractivity contribution in [2.24, 2.45) is 0 Å². The lowest BCUT2D eigenvalue weighted by atomic mass is 9.94. The number of alkyl halides is 3. The molecule has 2 aliphatic heterocycles. The van der Waals surface area contributed by atoms with Gasteiger partial charge in [-0.1, -0.05) is 24.6 Å². The summed E-state index contributed by atoms with van der Waals surface area (Å²) in [7, 11) is 0. The van der Waals surface area contributed by atoms with Crippen LogP contribution in [0.1, 0.15) is 59.3 Å². The molecule has 2 aliphatic rings. The number of fused-ring (bicyclic) bond motifs is 2. The van der Waals surface area contributed by atoms with E-state index in [1.54, 1.807) is 24.8 Å². The van der Waals surface area contributed by atoms with E-state index in [0.717, 1.165) is 16.6 Å². The van der Waals surface area contributed by atoms with Gasteiger partial charge in [-0.3, -0.25) is 14.4 Å². The Balaban J connectivity index is 1.28. The monoisotopic (exact) mass is 783 g/mol. The first-order valence-corrected chi connectivity index (χ1v) is 17.6. The van der Waals surface area contributed by atoms with E-state index in [1.165, 1.54) is 21.9 Å². The molecule has 0 unspecified atom stereocenters. The Morgan fingerprint density at radius 1 is 1.09 bits per heavy atom. The molecule has 5 heterocycles. The van der Waals surface area contributed by atoms with Gasteiger partial charge in [-0.2, -0.15) is 22.7 Å². The fraction of sp³-hybridized carbons (Fsp3) is 0.361. The first kappa shape index (κ1) is 37.7. The highest BCUT2D eigenvalue weighted by Crippen LogP contribution is 2.40. The predicted molar refractivity (Wildman–Crippen MR) is 191 cm³/mol. The Morgan fingerprint density at radius 3 is 2.49 bits per heavy atom. The van der Waals surface area contributed by atoms with Crippen LogP contribution in [0.25, 0.3) is 17.2 Å². The molecule has 3 aromatic heterocycles. The summed E-state index contributed by atoms with van der Waals surface area (Å²) in [5.41, 5.74) is -0.792. The van der Waals surface area contributed by atoms with Crippen molar-refractivity contribution < 1.29 is 37.0 Å². The highest BCUT2D eigenvalue weighted by Gasteiger charge is 2.36. The third-order valence-corrected chi connectivity index (χ3v) is 10.1. The van der Waals surface area contributed by atoms with Crippen molar-refractivity contribution in [1.29, 1.82) is 0 Å². The van der Waals surface area contributed by atoms with Crippen molar-refractivity contribution in [1.82, 2.24) is 34.0 Å². The number of nitrogens with zero attached hydrogens (tertiary/aromatic N) is 8. The van der Waals surface area contributed by atoms with Crippen LogP contribution in [0.5, 0.6) is 5.75 Å². The summed E-state index contributed by atoms with van der Waals surface area (Å²) in [5.74, 6) is -2.39. The van der Waals surface area contributed by atoms with Crippen molar-refractivity contribution >= 4 is 40.6 Å². The summed E-state index contributed by atoms with van der Waals surface area (Å²) in [4.78, 5) is 56.9. The summed E-state index contributed by atoms with van der Waals surface area (Å²) in [5, 5.41) is 17.0. The lowest BCUT2D eigenvalue weighted by Crippen LogP contribution is -2.51. The first-order valence-electron chi connectivity index (χ1n) is 17.2. The second-order valence-corrected chi connectivity index (χ2v) is 14.0. The lowest BCUT2D eigenvalue weighted by Gasteiger charge is -2.36. The molecule has 0 saturated carbocycles. The number of aryl methyl sites for hydroxylation is 1. The summed E-state index contributed by atoms with van der Waals surface area (Å²) in [6.45, 7) is 7.06. The van der Waals surface area contributed by atoms with Gasteiger partial charge in [0, 0.05) is 31.7 Å². The number of carbonyl (C=O) groups is 2. The molecule has 0 spiro atoms. The van der Waals surface area contributed by atoms with Crippen molar-refractivity contribution in [3.8, 4) is 17.1 Å². The van der Waals surface area contributed by atoms with E-state index in [1.807, 2.05) is 13.8 Å².